The standard InChI is InChI=1S/C7H5BrF3NO.C2H6/c8-5-1-2-6(12-3-5)13-4-7(9,10)11;1-2/h1-3H,4H2;1-2H3. The minimum atomic E-state index is -4.32. The third kappa shape index (κ3) is 7.18. The number of ether oxygens (including phenoxy) is 1. The van der Waals surface area contributed by atoms with Crippen molar-refractivity contribution in [1.29, 1.82) is 0 Å². The van der Waals surface area contributed by atoms with E-state index in [4.69, 9.17) is 0 Å². The minimum absolute atomic E-state index is 0.0412. The predicted octanol–water partition coefficient (Wildman–Crippen LogP) is 3.81. The van der Waals surface area contributed by atoms with Gasteiger partial charge in [0.15, 0.2) is 6.61 Å². The number of hydrogen-bond acceptors (Lipinski definition) is 2. The molecule has 2 nitrogen and oxygen atoms in total. The molecule has 0 aromatic carbocycles. The average molecular weight is 286 g/mol. The molecule has 0 aliphatic heterocycles. The van der Waals surface area contributed by atoms with Crippen molar-refractivity contribution < 1.29 is 17.9 Å². The van der Waals surface area contributed by atoms with Crippen molar-refractivity contribution in [3.63, 3.8) is 0 Å². The van der Waals surface area contributed by atoms with Crippen LogP contribution >= 0.6 is 15.9 Å². The lowest BCUT2D eigenvalue weighted by Crippen LogP contribution is -2.19. The molecular formula is C9H11BrF3NO. The molecule has 0 aliphatic carbocycles. The number of halogens is 4. The Morgan fingerprint density at radius 2 is 1.93 bits per heavy atom. The summed E-state index contributed by atoms with van der Waals surface area (Å²) in [6, 6.07) is 2.91. The van der Waals surface area contributed by atoms with E-state index < -0.39 is 12.8 Å². The number of hydrogen-bond donors (Lipinski definition) is 0. The molecule has 1 aromatic rings. The summed E-state index contributed by atoms with van der Waals surface area (Å²) in [4.78, 5) is 3.61. The van der Waals surface area contributed by atoms with Gasteiger partial charge in [0.2, 0.25) is 5.88 Å². The molecule has 1 aromatic heterocycles. The Morgan fingerprint density at radius 3 is 2.33 bits per heavy atom. The van der Waals surface area contributed by atoms with Gasteiger partial charge >= 0.3 is 6.18 Å². The lowest BCUT2D eigenvalue weighted by atomic mass is 10.5. The maximum absolute atomic E-state index is 11.7. The SMILES string of the molecule is CC.FC(F)(F)COc1ccc(Br)cn1. The molecule has 86 valence electrons. The van der Waals surface area contributed by atoms with Crippen molar-refractivity contribution in [2.24, 2.45) is 0 Å². The van der Waals surface area contributed by atoms with Crippen LogP contribution in [0, 0.1) is 0 Å². The Morgan fingerprint density at radius 1 is 1.33 bits per heavy atom. The zero-order chi connectivity index (χ0) is 11.9. The molecule has 0 saturated heterocycles. The number of pyridine rings is 1. The molecule has 0 atom stereocenters. The van der Waals surface area contributed by atoms with E-state index in [0.29, 0.717) is 4.47 Å². The lowest BCUT2D eigenvalue weighted by molar-refractivity contribution is -0.154. The first kappa shape index (κ1) is 14.2. The molecule has 0 saturated carbocycles. The summed E-state index contributed by atoms with van der Waals surface area (Å²) in [5.41, 5.74) is 0. The molecule has 1 rings (SSSR count). The molecule has 15 heavy (non-hydrogen) atoms. The molecule has 0 spiro atoms. The fourth-order valence-electron chi connectivity index (χ4n) is 0.603. The van der Waals surface area contributed by atoms with Crippen LogP contribution in [0.15, 0.2) is 22.8 Å². The van der Waals surface area contributed by atoms with Gasteiger partial charge < -0.3 is 4.74 Å². The lowest BCUT2D eigenvalue weighted by Gasteiger charge is -2.07. The highest BCUT2D eigenvalue weighted by molar-refractivity contribution is 9.10. The predicted molar refractivity (Wildman–Crippen MR) is 54.8 cm³/mol. The maximum atomic E-state index is 11.7. The Labute approximate surface area is 94.6 Å². The fourth-order valence-corrected chi connectivity index (χ4v) is 0.838. The van der Waals surface area contributed by atoms with Crippen molar-refractivity contribution in [2.75, 3.05) is 6.61 Å². The van der Waals surface area contributed by atoms with Crippen LogP contribution in [0.1, 0.15) is 13.8 Å². The number of aromatic nitrogens is 1. The molecule has 0 amide bonds. The smallest absolute Gasteiger partial charge is 0.422 e. The number of alkyl halides is 3. The first-order chi connectivity index (χ1) is 6.97. The van der Waals surface area contributed by atoms with Crippen LogP contribution in [0.4, 0.5) is 13.2 Å². The van der Waals surface area contributed by atoms with Crippen LogP contribution in [0.2, 0.25) is 0 Å². The third-order valence-electron chi connectivity index (χ3n) is 1.08. The van der Waals surface area contributed by atoms with Crippen LogP contribution in [-0.4, -0.2) is 17.8 Å². The average Bonchev–Trinajstić information content (AvgIpc) is 2.19. The molecule has 0 N–H and O–H groups in total. The third-order valence-corrected chi connectivity index (χ3v) is 1.55. The van der Waals surface area contributed by atoms with Crippen molar-refractivity contribution in [2.45, 2.75) is 20.0 Å². The summed E-state index contributed by atoms with van der Waals surface area (Å²) in [5, 5.41) is 0. The minimum Gasteiger partial charge on any atom is -0.468 e. The Kier molecular flexibility index (Phi) is 6.31. The fraction of sp³-hybridized carbons (Fsp3) is 0.444. The molecule has 0 unspecified atom stereocenters. The van der Waals surface area contributed by atoms with Gasteiger partial charge in [-0.25, -0.2) is 4.98 Å². The van der Waals surface area contributed by atoms with E-state index in [2.05, 4.69) is 25.7 Å². The van der Waals surface area contributed by atoms with E-state index in [1.165, 1.54) is 12.3 Å². The van der Waals surface area contributed by atoms with Gasteiger partial charge in [-0.15, -0.1) is 0 Å². The second kappa shape index (κ2) is 6.66. The second-order valence-electron chi connectivity index (χ2n) is 2.22. The van der Waals surface area contributed by atoms with Gasteiger partial charge in [0, 0.05) is 16.7 Å². The quantitative estimate of drug-likeness (QED) is 0.824. The Bertz CT molecular complexity index is 274. The second-order valence-corrected chi connectivity index (χ2v) is 3.13. The summed E-state index contributed by atoms with van der Waals surface area (Å²) < 4.78 is 40.0. The molecule has 0 radical (unpaired) electrons. The Balaban J connectivity index is 0.000000921. The van der Waals surface area contributed by atoms with Gasteiger partial charge in [-0.1, -0.05) is 13.8 Å². The van der Waals surface area contributed by atoms with Gasteiger partial charge in [0.1, 0.15) is 0 Å². The zero-order valence-electron chi connectivity index (χ0n) is 8.31. The highest BCUT2D eigenvalue weighted by atomic mass is 79.9. The van der Waals surface area contributed by atoms with Crippen molar-refractivity contribution in [3.05, 3.63) is 22.8 Å². The number of nitrogens with zero attached hydrogens (tertiary/aromatic N) is 1. The molecule has 6 heteroatoms. The van der Waals surface area contributed by atoms with E-state index >= 15 is 0 Å². The van der Waals surface area contributed by atoms with Gasteiger partial charge in [-0.3, -0.25) is 0 Å². The summed E-state index contributed by atoms with van der Waals surface area (Å²) in [7, 11) is 0. The van der Waals surface area contributed by atoms with Crippen molar-refractivity contribution in [3.8, 4) is 5.88 Å². The van der Waals surface area contributed by atoms with Gasteiger partial charge in [-0.2, -0.15) is 13.2 Å². The highest BCUT2D eigenvalue weighted by Gasteiger charge is 2.28. The number of rotatable bonds is 2. The first-order valence-corrected chi connectivity index (χ1v) is 5.08. The molecule has 0 bridgehead atoms. The summed E-state index contributed by atoms with van der Waals surface area (Å²) in [6.45, 7) is 2.68. The van der Waals surface area contributed by atoms with Crippen LogP contribution in [0.25, 0.3) is 0 Å². The van der Waals surface area contributed by atoms with Crippen LogP contribution < -0.4 is 4.74 Å². The monoisotopic (exact) mass is 285 g/mol. The normalized spacial score (nSPS) is 10.3. The van der Waals surface area contributed by atoms with Crippen LogP contribution in [0.3, 0.4) is 0 Å². The van der Waals surface area contributed by atoms with Crippen molar-refractivity contribution >= 4 is 15.9 Å². The topological polar surface area (TPSA) is 22.1 Å². The maximum Gasteiger partial charge on any atom is 0.422 e. The van der Waals surface area contributed by atoms with Gasteiger partial charge in [0.05, 0.1) is 0 Å². The van der Waals surface area contributed by atoms with E-state index in [-0.39, 0.29) is 5.88 Å². The first-order valence-electron chi connectivity index (χ1n) is 4.28. The summed E-state index contributed by atoms with van der Waals surface area (Å²) in [6.07, 6.45) is -2.96. The van der Waals surface area contributed by atoms with E-state index in [9.17, 15) is 13.2 Å². The van der Waals surface area contributed by atoms with Crippen LogP contribution in [0.5, 0.6) is 5.88 Å². The van der Waals surface area contributed by atoms with Gasteiger partial charge in [0.25, 0.3) is 0 Å². The van der Waals surface area contributed by atoms with E-state index in [1.54, 1.807) is 6.07 Å². The van der Waals surface area contributed by atoms with Crippen molar-refractivity contribution in [1.82, 2.24) is 4.98 Å². The van der Waals surface area contributed by atoms with E-state index in [1.807, 2.05) is 13.8 Å². The molecular weight excluding hydrogens is 275 g/mol. The summed E-state index contributed by atoms with van der Waals surface area (Å²) in [5.74, 6) is -0.0412. The molecule has 0 aliphatic rings. The largest absolute Gasteiger partial charge is 0.468 e. The van der Waals surface area contributed by atoms with Crippen LogP contribution in [-0.2, 0) is 0 Å². The highest BCUT2D eigenvalue weighted by Crippen LogP contribution is 2.17. The summed E-state index contributed by atoms with van der Waals surface area (Å²) >= 11 is 3.10. The van der Waals surface area contributed by atoms with Gasteiger partial charge in [-0.05, 0) is 22.0 Å². The Hall–Kier alpha value is -0.780. The molecule has 0 fully saturated rings. The molecule has 1 heterocycles. The van der Waals surface area contributed by atoms with E-state index in [0.717, 1.165) is 0 Å². The zero-order valence-corrected chi connectivity index (χ0v) is 9.89.